The molecular weight excluding hydrogens is 329 g/mol. The van der Waals surface area contributed by atoms with E-state index in [9.17, 15) is 18.0 Å². The summed E-state index contributed by atoms with van der Waals surface area (Å²) in [6, 6.07) is 4.39. The van der Waals surface area contributed by atoms with E-state index in [1.807, 2.05) is 5.38 Å². The number of carboxylic acid groups (broad SMARTS) is 1. The number of hydrogen-bond acceptors (Lipinski definition) is 3. The van der Waals surface area contributed by atoms with Gasteiger partial charge in [0, 0.05) is 24.0 Å². The monoisotopic (exact) mass is 344 g/mol. The molecule has 2 N–H and O–H groups in total. The lowest BCUT2D eigenvalue weighted by molar-refractivity contribution is -0.137. The molecule has 0 saturated heterocycles. The van der Waals surface area contributed by atoms with Crippen molar-refractivity contribution in [3.05, 3.63) is 52.0 Å². The van der Waals surface area contributed by atoms with Gasteiger partial charge in [-0.1, -0.05) is 12.1 Å². The molecule has 23 heavy (non-hydrogen) atoms. The molecule has 0 aliphatic heterocycles. The van der Waals surface area contributed by atoms with Gasteiger partial charge in [-0.15, -0.1) is 11.3 Å². The van der Waals surface area contributed by atoms with Crippen molar-refractivity contribution in [3.8, 4) is 0 Å². The van der Waals surface area contributed by atoms with Gasteiger partial charge < -0.3 is 10.4 Å². The average molecular weight is 344 g/mol. The first-order valence-corrected chi connectivity index (χ1v) is 7.76. The summed E-state index contributed by atoms with van der Waals surface area (Å²) >= 11 is 1.48. The fraction of sp³-hybridized carbons (Fsp3) is 0.333. The molecule has 0 radical (unpaired) electrons. The van der Waals surface area contributed by atoms with Gasteiger partial charge >= 0.3 is 12.3 Å². The third-order valence-electron chi connectivity index (χ3n) is 3.28. The van der Waals surface area contributed by atoms with Crippen LogP contribution in [0.3, 0.4) is 0 Å². The first kappa shape index (κ1) is 17.3. The fourth-order valence-electron chi connectivity index (χ4n) is 2.19. The van der Waals surface area contributed by atoms with Crippen molar-refractivity contribution >= 4 is 17.4 Å². The van der Waals surface area contributed by atoms with Crippen LogP contribution in [0.25, 0.3) is 0 Å². The predicted molar refractivity (Wildman–Crippen MR) is 80.5 cm³/mol. The highest BCUT2D eigenvalue weighted by atomic mass is 32.1. The van der Waals surface area contributed by atoms with Crippen molar-refractivity contribution in [3.63, 3.8) is 0 Å². The summed E-state index contributed by atoms with van der Waals surface area (Å²) in [5.41, 5.74) is -0.0670. The third kappa shape index (κ3) is 5.55. The highest BCUT2D eigenvalue weighted by Gasteiger charge is 2.30. The van der Waals surface area contributed by atoms with Crippen LogP contribution in [0.2, 0.25) is 0 Å². The Kier molecular flexibility index (Phi) is 5.59. The SMILES string of the molecule is O=C(O)NC(CCc1nccs1)Cc1ccc(C(F)(F)F)cc1. The van der Waals surface area contributed by atoms with Crippen molar-refractivity contribution < 1.29 is 23.1 Å². The minimum atomic E-state index is -4.37. The molecule has 1 atom stereocenters. The Balaban J connectivity index is 2.00. The molecule has 0 aliphatic rings. The maximum atomic E-state index is 12.5. The van der Waals surface area contributed by atoms with Crippen LogP contribution in [-0.2, 0) is 19.0 Å². The van der Waals surface area contributed by atoms with Gasteiger partial charge in [0.1, 0.15) is 0 Å². The minimum Gasteiger partial charge on any atom is -0.465 e. The zero-order chi connectivity index (χ0) is 16.9. The van der Waals surface area contributed by atoms with Crippen molar-refractivity contribution in [2.75, 3.05) is 0 Å². The number of aryl methyl sites for hydroxylation is 1. The second-order valence-electron chi connectivity index (χ2n) is 5.01. The van der Waals surface area contributed by atoms with Crippen LogP contribution in [0.4, 0.5) is 18.0 Å². The second-order valence-corrected chi connectivity index (χ2v) is 5.99. The van der Waals surface area contributed by atoms with Crippen LogP contribution < -0.4 is 5.32 Å². The van der Waals surface area contributed by atoms with Gasteiger partial charge in [0.2, 0.25) is 0 Å². The van der Waals surface area contributed by atoms with Gasteiger partial charge in [-0.05, 0) is 30.5 Å². The summed E-state index contributed by atoms with van der Waals surface area (Å²) < 4.78 is 37.6. The van der Waals surface area contributed by atoms with Crippen LogP contribution in [0.5, 0.6) is 0 Å². The highest BCUT2D eigenvalue weighted by Crippen LogP contribution is 2.29. The molecule has 0 bridgehead atoms. The average Bonchev–Trinajstić information content (AvgIpc) is 2.97. The second kappa shape index (κ2) is 7.45. The van der Waals surface area contributed by atoms with Gasteiger partial charge in [0.25, 0.3) is 0 Å². The van der Waals surface area contributed by atoms with Crippen molar-refractivity contribution in [2.24, 2.45) is 0 Å². The Labute approximate surface area is 135 Å². The molecule has 0 aliphatic carbocycles. The van der Waals surface area contributed by atoms with E-state index in [0.29, 0.717) is 24.8 Å². The molecule has 0 spiro atoms. The van der Waals surface area contributed by atoms with Crippen LogP contribution >= 0.6 is 11.3 Å². The van der Waals surface area contributed by atoms with Gasteiger partial charge in [-0.3, -0.25) is 0 Å². The fourth-order valence-corrected chi connectivity index (χ4v) is 2.82. The largest absolute Gasteiger partial charge is 0.465 e. The Bertz CT molecular complexity index is 627. The number of thiazole rings is 1. The molecule has 1 amide bonds. The van der Waals surface area contributed by atoms with Gasteiger partial charge in [-0.25, -0.2) is 9.78 Å². The molecule has 1 aromatic heterocycles. The molecule has 2 rings (SSSR count). The molecule has 1 unspecified atom stereocenters. The molecule has 1 heterocycles. The number of hydrogen-bond donors (Lipinski definition) is 2. The van der Waals surface area contributed by atoms with E-state index in [1.54, 1.807) is 6.20 Å². The lowest BCUT2D eigenvalue weighted by atomic mass is 10.0. The number of nitrogens with zero attached hydrogens (tertiary/aromatic N) is 1. The predicted octanol–water partition coefficient (Wildman–Crippen LogP) is 3.97. The molecule has 0 saturated carbocycles. The summed E-state index contributed by atoms with van der Waals surface area (Å²) in [6.45, 7) is 0. The molecule has 8 heteroatoms. The first-order chi connectivity index (χ1) is 10.8. The summed E-state index contributed by atoms with van der Waals surface area (Å²) in [5, 5.41) is 14.0. The molecule has 1 aromatic carbocycles. The van der Waals surface area contributed by atoms with Crippen molar-refractivity contribution in [1.29, 1.82) is 0 Å². The lowest BCUT2D eigenvalue weighted by Crippen LogP contribution is -2.35. The summed E-state index contributed by atoms with van der Waals surface area (Å²) in [6.07, 6.45) is -2.38. The van der Waals surface area contributed by atoms with Crippen LogP contribution in [-0.4, -0.2) is 22.2 Å². The lowest BCUT2D eigenvalue weighted by Gasteiger charge is -2.17. The number of nitrogens with one attached hydrogen (secondary N) is 1. The van der Waals surface area contributed by atoms with Gasteiger partial charge in [-0.2, -0.15) is 13.2 Å². The number of halogens is 3. The number of alkyl halides is 3. The zero-order valence-corrected chi connectivity index (χ0v) is 12.8. The maximum Gasteiger partial charge on any atom is 0.416 e. The summed E-state index contributed by atoms with van der Waals surface area (Å²) in [5.74, 6) is 0. The Hall–Kier alpha value is -2.09. The molecular formula is C15H15F3N2O2S. The van der Waals surface area contributed by atoms with E-state index < -0.39 is 17.8 Å². The van der Waals surface area contributed by atoms with Crippen molar-refractivity contribution in [1.82, 2.24) is 10.3 Å². The highest BCUT2D eigenvalue weighted by molar-refractivity contribution is 7.09. The number of aromatic nitrogens is 1. The van der Waals surface area contributed by atoms with Crippen LogP contribution in [0, 0.1) is 0 Å². The van der Waals surface area contributed by atoms with E-state index in [2.05, 4.69) is 10.3 Å². The van der Waals surface area contributed by atoms with E-state index in [4.69, 9.17) is 5.11 Å². The maximum absolute atomic E-state index is 12.5. The summed E-state index contributed by atoms with van der Waals surface area (Å²) in [4.78, 5) is 15.0. The zero-order valence-electron chi connectivity index (χ0n) is 12.0. The standard InChI is InChI=1S/C15H15F3N2O2S/c16-15(17,18)11-3-1-10(2-4-11)9-12(20-14(21)22)5-6-13-19-7-8-23-13/h1-4,7-8,12,20H,5-6,9H2,(H,21,22). The quantitative estimate of drug-likeness (QED) is 0.833. The number of amides is 1. The minimum absolute atomic E-state index is 0.329. The molecule has 4 nitrogen and oxygen atoms in total. The van der Waals surface area contributed by atoms with E-state index in [1.165, 1.54) is 23.5 Å². The Morgan fingerprint density at radius 1 is 1.30 bits per heavy atom. The Morgan fingerprint density at radius 3 is 2.52 bits per heavy atom. The topological polar surface area (TPSA) is 62.2 Å². The van der Waals surface area contributed by atoms with Gasteiger partial charge in [0.15, 0.2) is 0 Å². The van der Waals surface area contributed by atoms with E-state index in [0.717, 1.165) is 17.1 Å². The first-order valence-electron chi connectivity index (χ1n) is 6.88. The third-order valence-corrected chi connectivity index (χ3v) is 4.12. The molecule has 124 valence electrons. The smallest absolute Gasteiger partial charge is 0.416 e. The van der Waals surface area contributed by atoms with Crippen LogP contribution in [0.15, 0.2) is 35.8 Å². The molecule has 0 fully saturated rings. The number of rotatable bonds is 6. The number of carbonyl (C=O) groups is 1. The van der Waals surface area contributed by atoms with Crippen LogP contribution in [0.1, 0.15) is 22.6 Å². The van der Waals surface area contributed by atoms with E-state index in [-0.39, 0.29) is 6.04 Å². The number of benzene rings is 1. The Morgan fingerprint density at radius 2 is 2.00 bits per heavy atom. The van der Waals surface area contributed by atoms with E-state index >= 15 is 0 Å². The van der Waals surface area contributed by atoms with Crippen molar-refractivity contribution in [2.45, 2.75) is 31.5 Å². The summed E-state index contributed by atoms with van der Waals surface area (Å²) in [7, 11) is 0. The molecule has 2 aromatic rings. The van der Waals surface area contributed by atoms with Gasteiger partial charge in [0.05, 0.1) is 10.6 Å². The normalized spacial score (nSPS) is 12.8.